The molecule has 102 valence electrons. The van der Waals surface area contributed by atoms with Crippen molar-refractivity contribution in [1.82, 2.24) is 10.1 Å². The highest BCUT2D eigenvalue weighted by molar-refractivity contribution is 5.25. The first-order valence-electron chi connectivity index (χ1n) is 6.67. The van der Waals surface area contributed by atoms with E-state index in [-0.39, 0.29) is 0 Å². The molecule has 0 N–H and O–H groups in total. The maximum absolute atomic E-state index is 5.22. The highest BCUT2D eigenvalue weighted by Crippen LogP contribution is 2.23. The predicted molar refractivity (Wildman–Crippen MR) is 77.0 cm³/mol. The summed E-state index contributed by atoms with van der Waals surface area (Å²) in [6.45, 7) is 9.16. The second-order valence-electron chi connectivity index (χ2n) is 5.30. The van der Waals surface area contributed by atoms with Crippen molar-refractivity contribution in [2.45, 2.75) is 40.3 Å². The lowest BCUT2D eigenvalue weighted by Gasteiger charge is -2.25. The molecule has 0 saturated heterocycles. The summed E-state index contributed by atoms with van der Waals surface area (Å²) in [5, 5.41) is 4.01. The number of benzene rings is 1. The van der Waals surface area contributed by atoms with Gasteiger partial charge in [-0.1, -0.05) is 35.0 Å². The first-order chi connectivity index (χ1) is 8.99. The van der Waals surface area contributed by atoms with Crippen LogP contribution in [-0.4, -0.2) is 17.1 Å². The van der Waals surface area contributed by atoms with Crippen LogP contribution in [0.4, 0.5) is 0 Å². The summed E-state index contributed by atoms with van der Waals surface area (Å²) in [4.78, 5) is 2.32. The minimum atomic E-state index is 0.370. The van der Waals surface area contributed by atoms with Crippen LogP contribution < -0.4 is 0 Å². The zero-order chi connectivity index (χ0) is 14.0. The molecule has 0 unspecified atom stereocenters. The summed E-state index contributed by atoms with van der Waals surface area (Å²) in [6, 6.07) is 9.09. The van der Waals surface area contributed by atoms with E-state index in [9.17, 15) is 0 Å². The molecule has 1 aromatic heterocycles. The second-order valence-corrected chi connectivity index (χ2v) is 5.30. The molecule has 1 heterocycles. The molecule has 19 heavy (non-hydrogen) atoms. The van der Waals surface area contributed by atoms with Crippen molar-refractivity contribution in [2.75, 3.05) is 7.05 Å². The number of nitrogens with zero attached hydrogens (tertiary/aromatic N) is 2. The Kier molecular flexibility index (Phi) is 4.05. The van der Waals surface area contributed by atoms with Crippen LogP contribution in [0.1, 0.15) is 41.1 Å². The van der Waals surface area contributed by atoms with E-state index in [0.29, 0.717) is 6.04 Å². The number of aryl methyl sites for hydroxylation is 3. The van der Waals surface area contributed by atoms with E-state index in [1.165, 1.54) is 16.7 Å². The van der Waals surface area contributed by atoms with Crippen molar-refractivity contribution in [3.63, 3.8) is 0 Å². The summed E-state index contributed by atoms with van der Waals surface area (Å²) in [6.07, 6.45) is 0. The van der Waals surface area contributed by atoms with Gasteiger partial charge in [-0.05, 0) is 40.3 Å². The summed E-state index contributed by atoms with van der Waals surface area (Å²) in [7, 11) is 2.14. The smallest absolute Gasteiger partial charge is 0.138 e. The van der Waals surface area contributed by atoms with E-state index in [2.05, 4.69) is 55.2 Å². The average Bonchev–Trinajstić information content (AvgIpc) is 2.70. The van der Waals surface area contributed by atoms with Crippen molar-refractivity contribution < 1.29 is 4.52 Å². The Hall–Kier alpha value is -1.61. The van der Waals surface area contributed by atoms with Crippen molar-refractivity contribution in [1.29, 1.82) is 0 Å². The van der Waals surface area contributed by atoms with Crippen LogP contribution in [0.15, 0.2) is 28.8 Å². The Balaban J connectivity index is 2.11. The minimum absolute atomic E-state index is 0.370. The Morgan fingerprint density at radius 1 is 1.16 bits per heavy atom. The fourth-order valence-corrected chi connectivity index (χ4v) is 2.21. The molecule has 2 rings (SSSR count). The number of rotatable bonds is 4. The minimum Gasteiger partial charge on any atom is -0.361 e. The molecule has 0 aliphatic rings. The van der Waals surface area contributed by atoms with Gasteiger partial charge in [-0.2, -0.15) is 0 Å². The Bertz CT molecular complexity index is 523. The van der Waals surface area contributed by atoms with E-state index in [0.717, 1.165) is 18.0 Å². The van der Waals surface area contributed by atoms with E-state index in [4.69, 9.17) is 4.52 Å². The van der Waals surface area contributed by atoms with Gasteiger partial charge in [-0.25, -0.2) is 0 Å². The Morgan fingerprint density at radius 2 is 1.79 bits per heavy atom. The first-order valence-corrected chi connectivity index (χ1v) is 6.67. The van der Waals surface area contributed by atoms with Crippen LogP contribution >= 0.6 is 0 Å². The van der Waals surface area contributed by atoms with Crippen molar-refractivity contribution in [2.24, 2.45) is 0 Å². The Morgan fingerprint density at radius 3 is 2.32 bits per heavy atom. The molecule has 0 fully saturated rings. The van der Waals surface area contributed by atoms with Crippen LogP contribution in [-0.2, 0) is 6.54 Å². The fourth-order valence-electron chi connectivity index (χ4n) is 2.21. The molecule has 0 bridgehead atoms. The second kappa shape index (κ2) is 5.57. The van der Waals surface area contributed by atoms with Gasteiger partial charge in [0.05, 0.1) is 5.69 Å². The summed E-state index contributed by atoms with van der Waals surface area (Å²) in [5.74, 6) is 0.917. The molecule has 3 heteroatoms. The molecular formula is C16H22N2O. The van der Waals surface area contributed by atoms with Gasteiger partial charge >= 0.3 is 0 Å². The highest BCUT2D eigenvalue weighted by Gasteiger charge is 2.16. The fraction of sp³-hybridized carbons (Fsp3) is 0.438. The largest absolute Gasteiger partial charge is 0.361 e. The lowest BCUT2D eigenvalue weighted by Crippen LogP contribution is -2.22. The van der Waals surface area contributed by atoms with Gasteiger partial charge < -0.3 is 4.52 Å². The molecule has 0 radical (unpaired) electrons. The van der Waals surface area contributed by atoms with Gasteiger partial charge in [-0.15, -0.1) is 0 Å². The molecular weight excluding hydrogens is 236 g/mol. The molecule has 1 atom stereocenters. The summed E-state index contributed by atoms with van der Waals surface area (Å²) in [5.41, 5.74) is 4.81. The zero-order valence-corrected chi connectivity index (χ0v) is 12.4. The molecule has 0 spiro atoms. The van der Waals surface area contributed by atoms with Crippen molar-refractivity contribution in [3.8, 4) is 0 Å². The highest BCUT2D eigenvalue weighted by atomic mass is 16.5. The van der Waals surface area contributed by atoms with Crippen LogP contribution in [0.25, 0.3) is 0 Å². The number of hydrogen-bond acceptors (Lipinski definition) is 3. The topological polar surface area (TPSA) is 29.3 Å². The van der Waals surface area contributed by atoms with E-state index >= 15 is 0 Å². The molecule has 0 aliphatic carbocycles. The summed E-state index contributed by atoms with van der Waals surface area (Å²) >= 11 is 0. The quantitative estimate of drug-likeness (QED) is 0.835. The van der Waals surface area contributed by atoms with Gasteiger partial charge in [0.15, 0.2) is 0 Å². The van der Waals surface area contributed by atoms with E-state index in [1.807, 2.05) is 13.8 Å². The normalized spacial score (nSPS) is 12.9. The maximum atomic E-state index is 5.22. The standard InChI is InChI=1S/C16H22N2O/c1-11-6-8-15(9-7-11)13(3)18(5)10-16-12(2)17-19-14(16)4/h6-9,13H,10H2,1-5H3/t13-/m1/s1. The third kappa shape index (κ3) is 3.04. The molecule has 2 aromatic rings. The van der Waals surface area contributed by atoms with E-state index < -0.39 is 0 Å². The van der Waals surface area contributed by atoms with Crippen LogP contribution in [0.5, 0.6) is 0 Å². The summed E-state index contributed by atoms with van der Waals surface area (Å²) < 4.78 is 5.22. The van der Waals surface area contributed by atoms with Gasteiger partial charge in [0.1, 0.15) is 5.76 Å². The van der Waals surface area contributed by atoms with Crippen molar-refractivity contribution in [3.05, 3.63) is 52.4 Å². The average molecular weight is 258 g/mol. The first kappa shape index (κ1) is 13.8. The Labute approximate surface area is 115 Å². The maximum Gasteiger partial charge on any atom is 0.138 e. The lowest BCUT2D eigenvalue weighted by atomic mass is 10.0. The molecule has 0 saturated carbocycles. The van der Waals surface area contributed by atoms with Crippen molar-refractivity contribution >= 4 is 0 Å². The SMILES string of the molecule is Cc1ccc([C@@H](C)N(C)Cc2c(C)noc2C)cc1. The zero-order valence-electron chi connectivity index (χ0n) is 12.4. The molecule has 0 aliphatic heterocycles. The van der Waals surface area contributed by atoms with Crippen LogP contribution in [0.2, 0.25) is 0 Å². The monoisotopic (exact) mass is 258 g/mol. The van der Waals surface area contributed by atoms with Crippen LogP contribution in [0, 0.1) is 20.8 Å². The third-order valence-corrected chi connectivity index (χ3v) is 3.81. The van der Waals surface area contributed by atoms with Gasteiger partial charge in [-0.3, -0.25) is 4.90 Å². The van der Waals surface area contributed by atoms with E-state index in [1.54, 1.807) is 0 Å². The lowest BCUT2D eigenvalue weighted by molar-refractivity contribution is 0.251. The molecule has 0 amide bonds. The molecule has 1 aromatic carbocycles. The number of aromatic nitrogens is 1. The third-order valence-electron chi connectivity index (χ3n) is 3.81. The number of hydrogen-bond donors (Lipinski definition) is 0. The van der Waals surface area contributed by atoms with Gasteiger partial charge in [0, 0.05) is 18.2 Å². The van der Waals surface area contributed by atoms with Crippen LogP contribution in [0.3, 0.4) is 0 Å². The van der Waals surface area contributed by atoms with Gasteiger partial charge in [0.2, 0.25) is 0 Å². The molecule has 3 nitrogen and oxygen atoms in total. The van der Waals surface area contributed by atoms with Gasteiger partial charge in [0.25, 0.3) is 0 Å². The predicted octanol–water partition coefficient (Wildman–Crippen LogP) is 3.79.